The molecule has 33 heavy (non-hydrogen) atoms. The molecular weight excluding hydrogens is 424 g/mol. The van der Waals surface area contributed by atoms with Gasteiger partial charge in [0.2, 0.25) is 0 Å². The van der Waals surface area contributed by atoms with Crippen LogP contribution in [0.4, 0.5) is 4.79 Å². The molecule has 0 spiro atoms. The second-order valence-electron chi connectivity index (χ2n) is 9.60. The molecule has 1 fully saturated rings. The van der Waals surface area contributed by atoms with E-state index in [0.717, 1.165) is 12.8 Å². The SMILES string of the molecule is Cc1noc2nc(-c3ccco3)cc(C(=O)N3CCCC(CN(C)C(=O)OC(C)(C)C)C3)c12. The third-order valence-electron chi connectivity index (χ3n) is 5.66. The van der Waals surface area contributed by atoms with E-state index in [-0.39, 0.29) is 17.9 Å². The molecule has 176 valence electrons. The van der Waals surface area contributed by atoms with E-state index < -0.39 is 5.60 Å². The van der Waals surface area contributed by atoms with Gasteiger partial charge >= 0.3 is 6.09 Å². The third kappa shape index (κ3) is 5.02. The van der Waals surface area contributed by atoms with Crippen molar-refractivity contribution in [2.24, 2.45) is 5.92 Å². The van der Waals surface area contributed by atoms with Crippen LogP contribution < -0.4 is 0 Å². The van der Waals surface area contributed by atoms with Crippen molar-refractivity contribution >= 4 is 23.1 Å². The van der Waals surface area contributed by atoms with Gasteiger partial charge in [0.05, 0.1) is 22.9 Å². The summed E-state index contributed by atoms with van der Waals surface area (Å²) in [6, 6.07) is 5.30. The average Bonchev–Trinajstić information content (AvgIpc) is 3.42. The number of carbonyl (C=O) groups is 2. The lowest BCUT2D eigenvalue weighted by Gasteiger charge is -2.35. The van der Waals surface area contributed by atoms with Crippen LogP contribution >= 0.6 is 0 Å². The number of hydrogen-bond acceptors (Lipinski definition) is 7. The van der Waals surface area contributed by atoms with Crippen molar-refractivity contribution < 1.29 is 23.3 Å². The second-order valence-corrected chi connectivity index (χ2v) is 9.60. The zero-order chi connectivity index (χ0) is 23.8. The number of furan rings is 1. The maximum Gasteiger partial charge on any atom is 0.410 e. The molecule has 1 saturated heterocycles. The maximum absolute atomic E-state index is 13.6. The molecule has 0 radical (unpaired) electrons. The quantitative estimate of drug-likeness (QED) is 0.571. The molecule has 1 aliphatic rings. The Labute approximate surface area is 192 Å². The standard InChI is InChI=1S/C24H30N4O5/c1-15-20-17(12-18(19-9-7-11-31-19)25-21(20)33-26-15)22(29)28-10-6-8-16(14-28)13-27(5)23(30)32-24(2,3)4/h7,9,11-12,16H,6,8,10,13-14H2,1-5H3. The molecule has 2 amide bonds. The molecule has 4 rings (SSSR count). The van der Waals surface area contributed by atoms with E-state index in [0.29, 0.717) is 53.4 Å². The van der Waals surface area contributed by atoms with E-state index in [2.05, 4.69) is 10.1 Å². The van der Waals surface area contributed by atoms with Gasteiger partial charge in [0.1, 0.15) is 11.3 Å². The lowest BCUT2D eigenvalue weighted by Crippen LogP contribution is -2.45. The van der Waals surface area contributed by atoms with Gasteiger partial charge in [-0.05, 0) is 64.7 Å². The molecule has 9 nitrogen and oxygen atoms in total. The molecule has 0 N–H and O–H groups in total. The fraction of sp³-hybridized carbons (Fsp3) is 0.500. The zero-order valence-electron chi connectivity index (χ0n) is 19.8. The molecule has 1 atom stereocenters. The summed E-state index contributed by atoms with van der Waals surface area (Å²) in [6.07, 6.45) is 3.00. The first-order valence-corrected chi connectivity index (χ1v) is 11.2. The Hall–Kier alpha value is -3.36. The molecule has 1 aliphatic heterocycles. The molecule has 1 unspecified atom stereocenters. The molecule has 4 heterocycles. The van der Waals surface area contributed by atoms with Crippen LogP contribution in [0.2, 0.25) is 0 Å². The van der Waals surface area contributed by atoms with Gasteiger partial charge in [-0.2, -0.15) is 0 Å². The monoisotopic (exact) mass is 454 g/mol. The number of hydrogen-bond donors (Lipinski definition) is 0. The number of carbonyl (C=O) groups excluding carboxylic acids is 2. The highest BCUT2D eigenvalue weighted by Gasteiger charge is 2.30. The average molecular weight is 455 g/mol. The van der Waals surface area contributed by atoms with Crippen LogP contribution in [0.25, 0.3) is 22.6 Å². The lowest BCUT2D eigenvalue weighted by atomic mass is 9.96. The Morgan fingerprint density at radius 1 is 1.33 bits per heavy atom. The van der Waals surface area contributed by atoms with Crippen molar-refractivity contribution in [1.29, 1.82) is 0 Å². The largest absolute Gasteiger partial charge is 0.463 e. The van der Waals surface area contributed by atoms with E-state index in [1.54, 1.807) is 43.3 Å². The molecule has 3 aromatic rings. The normalized spacial score (nSPS) is 16.8. The first-order valence-electron chi connectivity index (χ1n) is 11.2. The number of rotatable bonds is 4. The minimum Gasteiger partial charge on any atom is -0.463 e. The van der Waals surface area contributed by atoms with Gasteiger partial charge in [0.25, 0.3) is 11.6 Å². The summed E-state index contributed by atoms with van der Waals surface area (Å²) in [5.74, 6) is 0.604. The number of amides is 2. The number of nitrogens with zero attached hydrogens (tertiary/aromatic N) is 4. The Bertz CT molecular complexity index is 1150. The molecule has 9 heteroatoms. The maximum atomic E-state index is 13.6. The Morgan fingerprint density at radius 2 is 2.12 bits per heavy atom. The first-order chi connectivity index (χ1) is 15.6. The highest BCUT2D eigenvalue weighted by atomic mass is 16.6. The molecule has 3 aromatic heterocycles. The van der Waals surface area contributed by atoms with Crippen LogP contribution in [0.3, 0.4) is 0 Å². The first kappa shape index (κ1) is 22.8. The van der Waals surface area contributed by atoms with Crippen molar-refractivity contribution in [3.05, 3.63) is 35.7 Å². The van der Waals surface area contributed by atoms with Crippen molar-refractivity contribution in [3.8, 4) is 11.5 Å². The van der Waals surface area contributed by atoms with Crippen molar-refractivity contribution in [2.75, 3.05) is 26.7 Å². The number of aromatic nitrogens is 2. The van der Waals surface area contributed by atoms with E-state index in [1.165, 1.54) is 0 Å². The number of ether oxygens (including phenoxy) is 1. The van der Waals surface area contributed by atoms with Gasteiger partial charge in [0.15, 0.2) is 5.76 Å². The predicted molar refractivity (Wildman–Crippen MR) is 122 cm³/mol. The van der Waals surface area contributed by atoms with Crippen LogP contribution in [0, 0.1) is 12.8 Å². The number of likely N-dealkylation sites (tertiary alicyclic amines) is 1. The van der Waals surface area contributed by atoms with Crippen LogP contribution in [0.1, 0.15) is 49.7 Å². The molecular formula is C24H30N4O5. The third-order valence-corrected chi connectivity index (χ3v) is 5.66. The van der Waals surface area contributed by atoms with Gasteiger partial charge in [0, 0.05) is 26.7 Å². The molecule has 0 saturated carbocycles. The summed E-state index contributed by atoms with van der Waals surface area (Å²) >= 11 is 0. The van der Waals surface area contributed by atoms with Gasteiger partial charge in [-0.3, -0.25) is 4.79 Å². The number of fused-ring (bicyclic) bond motifs is 1. The Kier molecular flexibility index (Phi) is 6.14. The number of piperidine rings is 1. The fourth-order valence-electron chi connectivity index (χ4n) is 4.18. The van der Waals surface area contributed by atoms with Crippen LogP contribution in [-0.2, 0) is 4.74 Å². The Balaban J connectivity index is 1.54. The summed E-state index contributed by atoms with van der Waals surface area (Å²) in [7, 11) is 1.73. The second kappa shape index (κ2) is 8.88. The Morgan fingerprint density at radius 3 is 2.82 bits per heavy atom. The van der Waals surface area contributed by atoms with Gasteiger partial charge in [-0.1, -0.05) is 5.16 Å². The van der Waals surface area contributed by atoms with Crippen LogP contribution in [-0.4, -0.2) is 64.2 Å². The summed E-state index contributed by atoms with van der Waals surface area (Å²) in [6.45, 7) is 9.06. The topological polar surface area (TPSA) is 102 Å². The number of aryl methyl sites for hydroxylation is 1. The predicted octanol–water partition coefficient (Wildman–Crippen LogP) is 4.51. The minimum absolute atomic E-state index is 0.105. The van der Waals surface area contributed by atoms with Crippen LogP contribution in [0.15, 0.2) is 33.4 Å². The summed E-state index contributed by atoms with van der Waals surface area (Å²) in [5.41, 5.74) is 1.39. The fourth-order valence-corrected chi connectivity index (χ4v) is 4.18. The van der Waals surface area contributed by atoms with E-state index in [4.69, 9.17) is 13.7 Å². The van der Waals surface area contributed by atoms with Crippen molar-refractivity contribution in [2.45, 2.75) is 46.1 Å². The van der Waals surface area contributed by atoms with Crippen molar-refractivity contribution in [1.82, 2.24) is 19.9 Å². The van der Waals surface area contributed by atoms with E-state index in [1.807, 2.05) is 25.7 Å². The zero-order valence-corrected chi connectivity index (χ0v) is 19.8. The number of pyridine rings is 1. The highest BCUT2D eigenvalue weighted by molar-refractivity contribution is 6.06. The molecule has 0 aliphatic carbocycles. The minimum atomic E-state index is -0.547. The van der Waals surface area contributed by atoms with E-state index >= 15 is 0 Å². The van der Waals surface area contributed by atoms with Gasteiger partial charge < -0.3 is 23.5 Å². The molecule has 0 aromatic carbocycles. The smallest absolute Gasteiger partial charge is 0.410 e. The van der Waals surface area contributed by atoms with E-state index in [9.17, 15) is 9.59 Å². The van der Waals surface area contributed by atoms with Crippen molar-refractivity contribution in [3.63, 3.8) is 0 Å². The highest BCUT2D eigenvalue weighted by Crippen LogP contribution is 2.29. The lowest BCUT2D eigenvalue weighted by molar-refractivity contribution is 0.0244. The van der Waals surface area contributed by atoms with Crippen LogP contribution in [0.5, 0.6) is 0 Å². The molecule has 0 bridgehead atoms. The summed E-state index contributed by atoms with van der Waals surface area (Å²) in [4.78, 5) is 33.9. The van der Waals surface area contributed by atoms with Gasteiger partial charge in [-0.25, -0.2) is 9.78 Å². The summed E-state index contributed by atoms with van der Waals surface area (Å²) in [5, 5.41) is 4.63. The van der Waals surface area contributed by atoms with Gasteiger partial charge in [-0.15, -0.1) is 0 Å². The summed E-state index contributed by atoms with van der Waals surface area (Å²) < 4.78 is 16.3.